The number of fused-ring (bicyclic) bond motifs is 3. The maximum Gasteiger partial charge on any atom is 0.319 e. The molecule has 29 heavy (non-hydrogen) atoms. The van der Waals surface area contributed by atoms with E-state index in [1.165, 1.54) is 22.3 Å². The largest absolute Gasteiger partial charge is 0.336 e. The van der Waals surface area contributed by atoms with E-state index in [1.807, 2.05) is 32.0 Å². The molecule has 0 saturated heterocycles. The summed E-state index contributed by atoms with van der Waals surface area (Å²) in [6.45, 7) is 3.77. The van der Waals surface area contributed by atoms with Crippen LogP contribution in [0.25, 0.3) is 11.1 Å². The minimum atomic E-state index is -0.296. The van der Waals surface area contributed by atoms with Crippen molar-refractivity contribution in [3.05, 3.63) is 83.4 Å². The highest BCUT2D eigenvalue weighted by molar-refractivity contribution is 6.05. The van der Waals surface area contributed by atoms with Crippen molar-refractivity contribution in [3.8, 4) is 11.1 Å². The molecular weight excluding hydrogens is 362 g/mol. The second-order valence-electron chi connectivity index (χ2n) is 7.49. The monoisotopic (exact) mass is 385 g/mol. The molecular formula is C24H23N3O2. The number of anilines is 2. The number of nitrogens with one attached hydrogen (secondary N) is 3. The quantitative estimate of drug-likeness (QED) is 0.461. The number of urea groups is 1. The van der Waals surface area contributed by atoms with Crippen LogP contribution in [0, 0.1) is 0 Å². The standard InChI is InChI=1S/C24H23N3O2/c1-15(2)25-24(29)27-19-8-5-7-17(13-19)23(28)26-20-10-11-22-18(14-20)12-16-6-3-4-9-21(16)22/h3-11,13-15H,12H2,1-2H3,(H,26,28)(H2,25,27,29). The molecule has 3 N–H and O–H groups in total. The predicted molar refractivity (Wildman–Crippen MR) is 116 cm³/mol. The van der Waals surface area contributed by atoms with Gasteiger partial charge in [-0.15, -0.1) is 0 Å². The maximum atomic E-state index is 12.7. The molecule has 146 valence electrons. The van der Waals surface area contributed by atoms with Crippen LogP contribution in [-0.4, -0.2) is 18.0 Å². The van der Waals surface area contributed by atoms with Crippen molar-refractivity contribution in [2.75, 3.05) is 10.6 Å². The molecule has 3 aromatic carbocycles. The first-order chi connectivity index (χ1) is 14.0. The van der Waals surface area contributed by atoms with Gasteiger partial charge < -0.3 is 16.0 Å². The van der Waals surface area contributed by atoms with Gasteiger partial charge in [-0.2, -0.15) is 0 Å². The zero-order chi connectivity index (χ0) is 20.4. The Bertz CT molecular complexity index is 1090. The summed E-state index contributed by atoms with van der Waals surface area (Å²) >= 11 is 0. The Balaban J connectivity index is 1.47. The van der Waals surface area contributed by atoms with Crippen molar-refractivity contribution in [1.82, 2.24) is 5.32 Å². The summed E-state index contributed by atoms with van der Waals surface area (Å²) in [6, 6.07) is 21.0. The van der Waals surface area contributed by atoms with Gasteiger partial charge in [0.2, 0.25) is 0 Å². The molecule has 1 aliphatic rings. The lowest BCUT2D eigenvalue weighted by atomic mass is 10.1. The molecule has 5 nitrogen and oxygen atoms in total. The first-order valence-electron chi connectivity index (χ1n) is 9.70. The van der Waals surface area contributed by atoms with Crippen molar-refractivity contribution >= 4 is 23.3 Å². The number of rotatable bonds is 4. The molecule has 0 fully saturated rings. The highest BCUT2D eigenvalue weighted by Gasteiger charge is 2.18. The lowest BCUT2D eigenvalue weighted by Gasteiger charge is -2.11. The van der Waals surface area contributed by atoms with Crippen molar-refractivity contribution in [2.45, 2.75) is 26.3 Å². The third-order valence-corrected chi connectivity index (χ3v) is 4.85. The Morgan fingerprint density at radius 1 is 0.793 bits per heavy atom. The van der Waals surface area contributed by atoms with Crippen molar-refractivity contribution < 1.29 is 9.59 Å². The van der Waals surface area contributed by atoms with Gasteiger partial charge in [0, 0.05) is 23.0 Å². The lowest BCUT2D eigenvalue weighted by Crippen LogP contribution is -2.34. The van der Waals surface area contributed by atoms with Crippen LogP contribution in [0.15, 0.2) is 66.7 Å². The first kappa shape index (κ1) is 18.7. The van der Waals surface area contributed by atoms with Gasteiger partial charge in [0.25, 0.3) is 5.91 Å². The van der Waals surface area contributed by atoms with E-state index in [2.05, 4.69) is 40.2 Å². The van der Waals surface area contributed by atoms with Crippen LogP contribution in [0.1, 0.15) is 35.3 Å². The van der Waals surface area contributed by atoms with E-state index < -0.39 is 0 Å². The average Bonchev–Trinajstić information content (AvgIpc) is 3.05. The number of amides is 3. The van der Waals surface area contributed by atoms with Gasteiger partial charge in [0.1, 0.15) is 0 Å². The molecule has 5 heteroatoms. The van der Waals surface area contributed by atoms with Crippen LogP contribution in [0.2, 0.25) is 0 Å². The van der Waals surface area contributed by atoms with E-state index in [-0.39, 0.29) is 18.0 Å². The Labute approximate surface area is 170 Å². The van der Waals surface area contributed by atoms with Gasteiger partial charge in [0.05, 0.1) is 0 Å². The molecule has 0 aromatic heterocycles. The fraction of sp³-hybridized carbons (Fsp3) is 0.167. The van der Waals surface area contributed by atoms with Gasteiger partial charge in [-0.1, -0.05) is 36.4 Å². The average molecular weight is 385 g/mol. The van der Waals surface area contributed by atoms with Crippen LogP contribution >= 0.6 is 0 Å². The summed E-state index contributed by atoms with van der Waals surface area (Å²) in [4.78, 5) is 24.6. The van der Waals surface area contributed by atoms with Crippen LogP contribution in [0.4, 0.5) is 16.2 Å². The van der Waals surface area contributed by atoms with Crippen molar-refractivity contribution in [3.63, 3.8) is 0 Å². The fourth-order valence-electron chi connectivity index (χ4n) is 3.59. The minimum absolute atomic E-state index is 0.0347. The van der Waals surface area contributed by atoms with Gasteiger partial charge in [-0.25, -0.2) is 4.79 Å². The molecule has 1 aliphatic carbocycles. The summed E-state index contributed by atoms with van der Waals surface area (Å²) < 4.78 is 0. The molecule has 4 rings (SSSR count). The number of hydrogen-bond acceptors (Lipinski definition) is 2. The summed E-state index contributed by atoms with van der Waals surface area (Å²) in [7, 11) is 0. The number of hydrogen-bond donors (Lipinski definition) is 3. The van der Waals surface area contributed by atoms with E-state index in [4.69, 9.17) is 0 Å². The number of carbonyl (C=O) groups excluding carboxylic acids is 2. The molecule has 3 amide bonds. The highest BCUT2D eigenvalue weighted by Crippen LogP contribution is 2.37. The third-order valence-electron chi connectivity index (χ3n) is 4.85. The molecule has 0 bridgehead atoms. The molecule has 0 radical (unpaired) electrons. The second-order valence-corrected chi connectivity index (χ2v) is 7.49. The molecule has 0 aliphatic heterocycles. The van der Waals surface area contributed by atoms with Gasteiger partial charge in [0.15, 0.2) is 0 Å². The topological polar surface area (TPSA) is 70.2 Å². The van der Waals surface area contributed by atoms with E-state index in [1.54, 1.807) is 24.3 Å². The summed E-state index contributed by atoms with van der Waals surface area (Å²) in [6.07, 6.45) is 0.875. The van der Waals surface area contributed by atoms with E-state index in [0.717, 1.165) is 12.1 Å². The molecule has 0 atom stereocenters. The molecule has 0 heterocycles. The van der Waals surface area contributed by atoms with E-state index >= 15 is 0 Å². The van der Waals surface area contributed by atoms with Crippen molar-refractivity contribution in [2.24, 2.45) is 0 Å². The Morgan fingerprint density at radius 2 is 1.55 bits per heavy atom. The third kappa shape index (κ3) is 4.14. The fourth-order valence-corrected chi connectivity index (χ4v) is 3.59. The smallest absolute Gasteiger partial charge is 0.319 e. The Morgan fingerprint density at radius 3 is 2.38 bits per heavy atom. The SMILES string of the molecule is CC(C)NC(=O)Nc1cccc(C(=O)Nc2ccc3c(c2)Cc2ccccc2-3)c1. The second kappa shape index (κ2) is 7.80. The zero-order valence-corrected chi connectivity index (χ0v) is 16.5. The summed E-state index contributed by atoms with van der Waals surface area (Å²) in [5.74, 6) is -0.214. The predicted octanol–water partition coefficient (Wildman–Crippen LogP) is 5.04. The van der Waals surface area contributed by atoms with Gasteiger partial charge >= 0.3 is 6.03 Å². The van der Waals surface area contributed by atoms with Crippen LogP contribution < -0.4 is 16.0 Å². The zero-order valence-electron chi connectivity index (χ0n) is 16.5. The highest BCUT2D eigenvalue weighted by atomic mass is 16.2. The van der Waals surface area contributed by atoms with Gasteiger partial charge in [-0.3, -0.25) is 4.79 Å². The summed E-state index contributed by atoms with van der Waals surface area (Å²) in [5, 5.41) is 8.47. The van der Waals surface area contributed by atoms with E-state index in [0.29, 0.717) is 11.3 Å². The molecule has 0 unspecified atom stereocenters. The van der Waals surface area contributed by atoms with E-state index in [9.17, 15) is 9.59 Å². The van der Waals surface area contributed by atoms with Crippen LogP contribution in [0.3, 0.4) is 0 Å². The molecule has 3 aromatic rings. The number of carbonyl (C=O) groups is 2. The minimum Gasteiger partial charge on any atom is -0.336 e. The van der Waals surface area contributed by atoms with Gasteiger partial charge in [-0.05, 0) is 72.9 Å². The Kier molecular flexibility index (Phi) is 5.04. The molecule has 0 spiro atoms. The normalized spacial score (nSPS) is 11.6. The first-order valence-corrected chi connectivity index (χ1v) is 9.70. The number of benzene rings is 3. The summed E-state index contributed by atoms with van der Waals surface area (Å²) in [5.41, 5.74) is 6.82. The van der Waals surface area contributed by atoms with Crippen molar-refractivity contribution in [1.29, 1.82) is 0 Å². The molecule has 0 saturated carbocycles. The maximum absolute atomic E-state index is 12.7. The Hall–Kier alpha value is -3.60. The van der Waals surface area contributed by atoms with Crippen LogP contribution in [0.5, 0.6) is 0 Å². The lowest BCUT2D eigenvalue weighted by molar-refractivity contribution is 0.102. The van der Waals surface area contributed by atoms with Crippen LogP contribution in [-0.2, 0) is 6.42 Å².